The number of anilines is 1. The maximum atomic E-state index is 12.1. The van der Waals surface area contributed by atoms with Crippen LogP contribution in [0.4, 0.5) is 5.69 Å². The molecule has 0 aromatic carbocycles. The van der Waals surface area contributed by atoms with Gasteiger partial charge in [-0.2, -0.15) is 5.10 Å². The van der Waals surface area contributed by atoms with E-state index in [0.29, 0.717) is 17.9 Å². The first-order valence-electron chi connectivity index (χ1n) is 5.37. The summed E-state index contributed by atoms with van der Waals surface area (Å²) in [4.78, 5) is 13.7. The van der Waals surface area contributed by atoms with E-state index in [1.807, 2.05) is 0 Å². The summed E-state index contributed by atoms with van der Waals surface area (Å²) < 4.78 is 0. The highest BCUT2D eigenvalue weighted by Crippen LogP contribution is 2.22. The van der Waals surface area contributed by atoms with Crippen molar-refractivity contribution in [3.05, 3.63) is 11.4 Å². The molecule has 0 saturated carbocycles. The Balaban J connectivity index is 2.22. The number of rotatable bonds is 2. The monoisotopic (exact) mass is 224 g/mol. The first-order chi connectivity index (χ1) is 7.65. The molecule has 0 unspecified atom stereocenters. The van der Waals surface area contributed by atoms with E-state index in [0.717, 1.165) is 12.8 Å². The number of aryl methyl sites for hydroxylation is 1. The number of aliphatic hydroxyl groups excluding tert-OH is 1. The standard InChI is InChI=1S/C10H16N4O2/c1-6-8(11)9(13-12-6)10(16)14-4-2-3-7(14)5-15/h7,15H,2-5,11H2,1H3,(H,12,13)/t7-/m0/s1. The molecule has 1 amide bonds. The summed E-state index contributed by atoms with van der Waals surface area (Å²) in [5.41, 5.74) is 7.11. The predicted octanol–water partition coefficient (Wildman–Crippen LogP) is -0.103. The lowest BCUT2D eigenvalue weighted by molar-refractivity contribution is 0.0673. The smallest absolute Gasteiger partial charge is 0.276 e. The number of amides is 1. The maximum absolute atomic E-state index is 12.1. The van der Waals surface area contributed by atoms with Crippen molar-refractivity contribution < 1.29 is 9.90 Å². The maximum Gasteiger partial charge on any atom is 0.276 e. The van der Waals surface area contributed by atoms with Crippen LogP contribution in [-0.2, 0) is 0 Å². The molecule has 1 aliphatic rings. The van der Waals surface area contributed by atoms with Gasteiger partial charge in [0.15, 0.2) is 5.69 Å². The number of aromatic nitrogens is 2. The summed E-state index contributed by atoms with van der Waals surface area (Å²) in [5, 5.41) is 15.7. The molecule has 1 aromatic rings. The summed E-state index contributed by atoms with van der Waals surface area (Å²) in [6.45, 7) is 2.43. The number of aliphatic hydroxyl groups is 1. The normalized spacial score (nSPS) is 20.4. The fourth-order valence-corrected chi connectivity index (χ4v) is 2.03. The van der Waals surface area contributed by atoms with Crippen molar-refractivity contribution >= 4 is 11.6 Å². The molecule has 0 spiro atoms. The number of likely N-dealkylation sites (tertiary alicyclic amines) is 1. The molecular weight excluding hydrogens is 208 g/mol. The number of H-pyrrole nitrogens is 1. The van der Waals surface area contributed by atoms with Crippen LogP contribution in [-0.4, -0.2) is 45.3 Å². The number of hydrogen-bond donors (Lipinski definition) is 3. The second kappa shape index (κ2) is 4.13. The molecule has 1 fully saturated rings. The second-order valence-corrected chi connectivity index (χ2v) is 4.09. The third-order valence-corrected chi connectivity index (χ3v) is 3.05. The fraction of sp³-hybridized carbons (Fsp3) is 0.600. The van der Waals surface area contributed by atoms with Crippen LogP contribution < -0.4 is 5.73 Å². The molecule has 6 heteroatoms. The molecule has 4 N–H and O–H groups in total. The van der Waals surface area contributed by atoms with Crippen LogP contribution in [0.2, 0.25) is 0 Å². The van der Waals surface area contributed by atoms with Gasteiger partial charge in [-0.3, -0.25) is 9.89 Å². The van der Waals surface area contributed by atoms with Crippen LogP contribution in [0.1, 0.15) is 29.0 Å². The molecule has 2 rings (SSSR count). The van der Waals surface area contributed by atoms with Gasteiger partial charge in [0.1, 0.15) is 0 Å². The number of nitrogens with zero attached hydrogens (tertiary/aromatic N) is 2. The van der Waals surface area contributed by atoms with Crippen LogP contribution in [0.15, 0.2) is 0 Å². The highest BCUT2D eigenvalue weighted by molar-refractivity contribution is 5.97. The Labute approximate surface area is 93.4 Å². The van der Waals surface area contributed by atoms with Crippen molar-refractivity contribution in [2.24, 2.45) is 0 Å². The van der Waals surface area contributed by atoms with Gasteiger partial charge in [-0.25, -0.2) is 0 Å². The molecule has 88 valence electrons. The van der Waals surface area contributed by atoms with Crippen molar-refractivity contribution in [1.29, 1.82) is 0 Å². The van der Waals surface area contributed by atoms with E-state index in [4.69, 9.17) is 10.8 Å². The van der Waals surface area contributed by atoms with Crippen molar-refractivity contribution in [3.63, 3.8) is 0 Å². The highest BCUT2D eigenvalue weighted by atomic mass is 16.3. The molecule has 16 heavy (non-hydrogen) atoms. The molecule has 1 saturated heterocycles. The Morgan fingerprint density at radius 2 is 2.50 bits per heavy atom. The van der Waals surface area contributed by atoms with Gasteiger partial charge in [-0.05, 0) is 19.8 Å². The minimum absolute atomic E-state index is 0.00491. The zero-order chi connectivity index (χ0) is 11.7. The zero-order valence-electron chi connectivity index (χ0n) is 9.23. The average Bonchev–Trinajstić information content (AvgIpc) is 2.86. The number of nitrogens with one attached hydrogen (secondary N) is 1. The topological polar surface area (TPSA) is 95.2 Å². The van der Waals surface area contributed by atoms with E-state index in [9.17, 15) is 4.79 Å². The molecule has 0 bridgehead atoms. The Bertz CT molecular complexity index is 402. The SMILES string of the molecule is Cc1[nH]nc(C(=O)N2CCC[C@H]2CO)c1N. The van der Waals surface area contributed by atoms with Gasteiger partial charge in [0, 0.05) is 6.54 Å². The van der Waals surface area contributed by atoms with Crippen LogP contribution in [0.3, 0.4) is 0 Å². The molecule has 1 atom stereocenters. The van der Waals surface area contributed by atoms with Gasteiger partial charge in [0.25, 0.3) is 5.91 Å². The molecule has 1 aliphatic heterocycles. The van der Waals surface area contributed by atoms with Gasteiger partial charge in [-0.1, -0.05) is 0 Å². The van der Waals surface area contributed by atoms with Crippen molar-refractivity contribution in [1.82, 2.24) is 15.1 Å². The predicted molar refractivity (Wildman–Crippen MR) is 58.9 cm³/mol. The number of nitrogens with two attached hydrogens (primary N) is 1. The Morgan fingerprint density at radius 3 is 3.06 bits per heavy atom. The van der Waals surface area contributed by atoms with Gasteiger partial charge in [0.2, 0.25) is 0 Å². The Kier molecular flexibility index (Phi) is 2.82. The molecule has 1 aromatic heterocycles. The third-order valence-electron chi connectivity index (χ3n) is 3.05. The third kappa shape index (κ3) is 1.65. The molecule has 2 heterocycles. The minimum atomic E-state index is -0.196. The second-order valence-electron chi connectivity index (χ2n) is 4.09. The Morgan fingerprint density at radius 1 is 1.75 bits per heavy atom. The lowest BCUT2D eigenvalue weighted by atomic mass is 10.2. The van der Waals surface area contributed by atoms with Crippen molar-refractivity contribution in [2.75, 3.05) is 18.9 Å². The summed E-state index contributed by atoms with van der Waals surface area (Å²) in [7, 11) is 0. The van der Waals surface area contributed by atoms with Gasteiger partial charge in [-0.15, -0.1) is 0 Å². The molecule has 6 nitrogen and oxygen atoms in total. The van der Waals surface area contributed by atoms with E-state index in [1.165, 1.54) is 0 Å². The molecule has 0 radical (unpaired) electrons. The first kappa shape index (κ1) is 10.9. The summed E-state index contributed by atoms with van der Waals surface area (Å²) >= 11 is 0. The largest absolute Gasteiger partial charge is 0.395 e. The number of hydrogen-bond acceptors (Lipinski definition) is 4. The molecule has 0 aliphatic carbocycles. The van der Waals surface area contributed by atoms with Crippen molar-refractivity contribution in [2.45, 2.75) is 25.8 Å². The van der Waals surface area contributed by atoms with Crippen LogP contribution in [0.5, 0.6) is 0 Å². The summed E-state index contributed by atoms with van der Waals surface area (Å²) in [6, 6.07) is -0.0936. The summed E-state index contributed by atoms with van der Waals surface area (Å²) in [6.07, 6.45) is 1.76. The molecular formula is C10H16N4O2. The number of carbonyl (C=O) groups is 1. The van der Waals surface area contributed by atoms with E-state index in [2.05, 4.69) is 10.2 Å². The van der Waals surface area contributed by atoms with Crippen molar-refractivity contribution in [3.8, 4) is 0 Å². The summed E-state index contributed by atoms with van der Waals surface area (Å²) in [5.74, 6) is -0.196. The number of nitrogen functional groups attached to an aromatic ring is 1. The van der Waals surface area contributed by atoms with E-state index in [-0.39, 0.29) is 24.2 Å². The van der Waals surface area contributed by atoms with E-state index >= 15 is 0 Å². The van der Waals surface area contributed by atoms with E-state index in [1.54, 1.807) is 11.8 Å². The van der Waals surface area contributed by atoms with Crippen LogP contribution >= 0.6 is 0 Å². The Hall–Kier alpha value is -1.56. The first-order valence-corrected chi connectivity index (χ1v) is 5.37. The zero-order valence-corrected chi connectivity index (χ0v) is 9.23. The average molecular weight is 224 g/mol. The lowest BCUT2D eigenvalue weighted by Crippen LogP contribution is -2.38. The van der Waals surface area contributed by atoms with E-state index < -0.39 is 0 Å². The van der Waals surface area contributed by atoms with Gasteiger partial charge < -0.3 is 15.7 Å². The van der Waals surface area contributed by atoms with Crippen LogP contribution in [0, 0.1) is 6.92 Å². The van der Waals surface area contributed by atoms with Crippen LogP contribution in [0.25, 0.3) is 0 Å². The highest BCUT2D eigenvalue weighted by Gasteiger charge is 2.31. The van der Waals surface area contributed by atoms with Gasteiger partial charge >= 0.3 is 0 Å². The number of aromatic amines is 1. The van der Waals surface area contributed by atoms with Gasteiger partial charge in [0.05, 0.1) is 24.0 Å². The number of carbonyl (C=O) groups excluding carboxylic acids is 1. The minimum Gasteiger partial charge on any atom is -0.395 e. The fourth-order valence-electron chi connectivity index (χ4n) is 2.03. The quantitative estimate of drug-likeness (QED) is 0.653. The lowest BCUT2D eigenvalue weighted by Gasteiger charge is -2.22.